The van der Waals surface area contributed by atoms with Gasteiger partial charge in [-0.05, 0) is 81.3 Å². The summed E-state index contributed by atoms with van der Waals surface area (Å²) in [7, 11) is 0. The third kappa shape index (κ3) is 4.23. The Kier molecular flexibility index (Phi) is 6.13. The number of rotatable bonds is 5. The van der Waals surface area contributed by atoms with Gasteiger partial charge < -0.3 is 5.32 Å². The van der Waals surface area contributed by atoms with Gasteiger partial charge in [-0.25, -0.2) is 8.78 Å². The van der Waals surface area contributed by atoms with Crippen LogP contribution in [0.3, 0.4) is 0 Å². The number of hydrogen-bond acceptors (Lipinski definition) is 1. The smallest absolute Gasteiger partial charge is 0.137 e. The van der Waals surface area contributed by atoms with Crippen LogP contribution >= 0.6 is 38.5 Å². The summed E-state index contributed by atoms with van der Waals surface area (Å²) in [6.07, 6.45) is 0.918. The van der Waals surface area contributed by atoms with Crippen molar-refractivity contribution < 1.29 is 8.78 Å². The first-order valence-electron chi connectivity index (χ1n) is 6.66. The van der Waals surface area contributed by atoms with E-state index >= 15 is 0 Å². The van der Waals surface area contributed by atoms with Gasteiger partial charge in [0.05, 0.1) is 10.5 Å². The van der Waals surface area contributed by atoms with Crippen molar-refractivity contribution in [2.75, 3.05) is 6.54 Å². The third-order valence-corrected chi connectivity index (χ3v) is 4.48. The number of hydrogen-bond donors (Lipinski definition) is 1. The molecule has 0 bridgehead atoms. The molecule has 112 valence electrons. The highest BCUT2D eigenvalue weighted by Gasteiger charge is 2.19. The Bertz CT molecular complexity index is 616. The molecule has 2 aromatic carbocycles. The van der Waals surface area contributed by atoms with E-state index < -0.39 is 11.6 Å². The minimum absolute atomic E-state index is 0.139. The minimum Gasteiger partial charge on any atom is -0.306 e. The lowest BCUT2D eigenvalue weighted by Gasteiger charge is -2.20. The molecule has 0 heterocycles. The molecule has 0 saturated carbocycles. The molecule has 1 unspecified atom stereocenters. The van der Waals surface area contributed by atoms with Gasteiger partial charge in [-0.15, -0.1) is 0 Å². The average molecular weight is 466 g/mol. The van der Waals surface area contributed by atoms with Crippen LogP contribution in [0.15, 0.2) is 40.9 Å². The second-order valence-corrected chi connectivity index (χ2v) is 6.83. The zero-order chi connectivity index (χ0) is 15.4. The van der Waals surface area contributed by atoms with Gasteiger partial charge in [-0.1, -0.05) is 19.1 Å². The van der Waals surface area contributed by atoms with Gasteiger partial charge in [-0.3, -0.25) is 0 Å². The van der Waals surface area contributed by atoms with Gasteiger partial charge in [0, 0.05) is 9.13 Å². The van der Waals surface area contributed by atoms with Crippen LogP contribution in [0.25, 0.3) is 0 Å². The summed E-state index contributed by atoms with van der Waals surface area (Å²) in [5, 5.41) is 3.28. The first-order chi connectivity index (χ1) is 10.0. The van der Waals surface area contributed by atoms with Crippen molar-refractivity contribution in [2.24, 2.45) is 0 Å². The molecular weight excluding hydrogens is 451 g/mol. The second kappa shape index (κ2) is 7.65. The quantitative estimate of drug-likeness (QED) is 0.459. The lowest BCUT2D eigenvalue weighted by Crippen LogP contribution is -2.24. The highest BCUT2D eigenvalue weighted by atomic mass is 127. The van der Waals surface area contributed by atoms with Crippen molar-refractivity contribution in [1.82, 2.24) is 5.32 Å². The van der Waals surface area contributed by atoms with E-state index in [9.17, 15) is 8.78 Å². The molecule has 0 amide bonds. The fourth-order valence-corrected chi connectivity index (χ4v) is 2.79. The molecule has 0 aliphatic heterocycles. The lowest BCUT2D eigenvalue weighted by molar-refractivity contribution is 0.533. The summed E-state index contributed by atoms with van der Waals surface area (Å²) in [6, 6.07) is 9.88. The molecular formula is C16H15BrF2IN. The molecule has 0 radical (unpaired) electrons. The van der Waals surface area contributed by atoms with E-state index in [-0.39, 0.29) is 10.5 Å². The molecule has 5 heteroatoms. The monoisotopic (exact) mass is 465 g/mol. The van der Waals surface area contributed by atoms with Gasteiger partial charge >= 0.3 is 0 Å². The fourth-order valence-electron chi connectivity index (χ4n) is 2.11. The Morgan fingerprint density at radius 1 is 1.14 bits per heavy atom. The van der Waals surface area contributed by atoms with Gasteiger partial charge in [0.1, 0.15) is 11.6 Å². The van der Waals surface area contributed by atoms with Crippen LogP contribution in [0.2, 0.25) is 0 Å². The number of benzene rings is 2. The maximum Gasteiger partial charge on any atom is 0.137 e. The van der Waals surface area contributed by atoms with Crippen LogP contribution in [0.4, 0.5) is 8.78 Å². The first-order valence-corrected chi connectivity index (χ1v) is 8.53. The van der Waals surface area contributed by atoms with Crippen molar-refractivity contribution in [1.29, 1.82) is 0 Å². The minimum atomic E-state index is -0.458. The summed E-state index contributed by atoms with van der Waals surface area (Å²) >= 11 is 5.23. The molecule has 0 aliphatic rings. The Labute approximate surface area is 145 Å². The summed E-state index contributed by atoms with van der Waals surface area (Å²) < 4.78 is 29.3. The largest absolute Gasteiger partial charge is 0.306 e. The molecule has 21 heavy (non-hydrogen) atoms. The van der Waals surface area contributed by atoms with E-state index in [4.69, 9.17) is 0 Å². The Morgan fingerprint density at radius 3 is 2.43 bits per heavy atom. The summed E-state index contributed by atoms with van der Waals surface area (Å²) in [5.74, 6) is -0.879. The van der Waals surface area contributed by atoms with Crippen LogP contribution in [-0.4, -0.2) is 6.54 Å². The molecule has 0 fully saturated rings. The number of halogens is 4. The fraction of sp³-hybridized carbons (Fsp3) is 0.250. The van der Waals surface area contributed by atoms with Crippen LogP contribution in [-0.2, 0) is 0 Å². The Morgan fingerprint density at radius 2 is 1.81 bits per heavy atom. The normalized spacial score (nSPS) is 12.4. The molecule has 0 spiro atoms. The SMILES string of the molecule is CCCNC(c1ccc(I)cc1)c1cc(F)c(Br)cc1F. The highest BCUT2D eigenvalue weighted by molar-refractivity contribution is 14.1. The summed E-state index contributed by atoms with van der Waals surface area (Å²) in [5.41, 5.74) is 1.25. The van der Waals surface area contributed by atoms with E-state index in [1.807, 2.05) is 31.2 Å². The molecule has 0 aromatic heterocycles. The molecule has 1 N–H and O–H groups in total. The zero-order valence-corrected chi connectivity index (χ0v) is 15.2. The van der Waals surface area contributed by atoms with Crippen LogP contribution in [0.5, 0.6) is 0 Å². The maximum atomic E-state index is 14.2. The summed E-state index contributed by atoms with van der Waals surface area (Å²) in [4.78, 5) is 0. The first kappa shape index (κ1) is 16.8. The molecule has 0 saturated heterocycles. The van der Waals surface area contributed by atoms with Gasteiger partial charge in [0.2, 0.25) is 0 Å². The van der Waals surface area contributed by atoms with Gasteiger partial charge in [0.15, 0.2) is 0 Å². The van der Waals surface area contributed by atoms with Crippen molar-refractivity contribution in [3.8, 4) is 0 Å². The standard InChI is InChI=1S/C16H15BrF2IN/c1-2-7-21-16(10-3-5-11(20)6-4-10)12-8-15(19)13(17)9-14(12)18/h3-6,8-9,16,21H,2,7H2,1H3. The average Bonchev–Trinajstić information content (AvgIpc) is 2.46. The van der Waals surface area contributed by atoms with Crippen molar-refractivity contribution in [3.05, 3.63) is 67.2 Å². The predicted octanol–water partition coefficient (Wildman–Crippen LogP) is 5.42. The highest BCUT2D eigenvalue weighted by Crippen LogP contribution is 2.29. The van der Waals surface area contributed by atoms with Gasteiger partial charge in [-0.2, -0.15) is 0 Å². The molecule has 2 rings (SSSR count). The van der Waals surface area contributed by atoms with Crippen LogP contribution in [0, 0.1) is 15.2 Å². The van der Waals surface area contributed by atoms with Crippen LogP contribution in [0.1, 0.15) is 30.5 Å². The second-order valence-electron chi connectivity index (χ2n) is 4.73. The predicted molar refractivity (Wildman–Crippen MR) is 93.4 cm³/mol. The van der Waals surface area contributed by atoms with E-state index in [0.29, 0.717) is 5.56 Å². The number of nitrogens with one attached hydrogen (secondary N) is 1. The van der Waals surface area contributed by atoms with E-state index in [0.717, 1.165) is 22.1 Å². The maximum absolute atomic E-state index is 14.2. The molecule has 1 atom stereocenters. The van der Waals surface area contributed by atoms with Crippen molar-refractivity contribution >= 4 is 38.5 Å². The zero-order valence-electron chi connectivity index (χ0n) is 11.5. The Balaban J connectivity index is 2.45. The van der Waals surface area contributed by atoms with E-state index in [1.54, 1.807) is 0 Å². The lowest BCUT2D eigenvalue weighted by atomic mass is 9.98. The third-order valence-electron chi connectivity index (χ3n) is 3.15. The molecule has 2 aromatic rings. The van der Waals surface area contributed by atoms with E-state index in [1.165, 1.54) is 12.1 Å². The van der Waals surface area contributed by atoms with Crippen molar-refractivity contribution in [2.45, 2.75) is 19.4 Å². The summed E-state index contributed by atoms with van der Waals surface area (Å²) in [6.45, 7) is 2.77. The molecule has 1 nitrogen and oxygen atoms in total. The van der Waals surface area contributed by atoms with Crippen molar-refractivity contribution in [3.63, 3.8) is 0 Å². The topological polar surface area (TPSA) is 12.0 Å². The van der Waals surface area contributed by atoms with E-state index in [2.05, 4.69) is 43.8 Å². The Hall–Kier alpha value is -0.530. The van der Waals surface area contributed by atoms with Gasteiger partial charge in [0.25, 0.3) is 0 Å². The molecule has 0 aliphatic carbocycles. The van der Waals surface area contributed by atoms with Crippen LogP contribution < -0.4 is 5.32 Å².